The second kappa shape index (κ2) is 5.64. The number of ether oxygens (including phenoxy) is 1. The van der Waals surface area contributed by atoms with Gasteiger partial charge in [-0.1, -0.05) is 0 Å². The first-order chi connectivity index (χ1) is 7.27. The van der Waals surface area contributed by atoms with Gasteiger partial charge in [-0.3, -0.25) is 0 Å². The van der Waals surface area contributed by atoms with Crippen LogP contribution in [0.2, 0.25) is 0 Å². The molecule has 1 heterocycles. The third kappa shape index (κ3) is 3.30. The van der Waals surface area contributed by atoms with E-state index in [4.69, 9.17) is 9.84 Å². The minimum atomic E-state index is -0.601. The van der Waals surface area contributed by atoms with Crippen molar-refractivity contribution in [3.8, 4) is 0 Å². The number of aliphatic hydroxyl groups is 1. The zero-order chi connectivity index (χ0) is 11.1. The van der Waals surface area contributed by atoms with Gasteiger partial charge in [0.05, 0.1) is 19.1 Å². The largest absolute Gasteiger partial charge is 0.515 e. The minimum absolute atomic E-state index is 0.00514. The SMILES string of the molecule is CCOC(=O)C(C=Nn1cccc1)=CO. The summed E-state index contributed by atoms with van der Waals surface area (Å²) in [4.78, 5) is 11.2. The van der Waals surface area contributed by atoms with Gasteiger partial charge in [-0.25, -0.2) is 9.47 Å². The van der Waals surface area contributed by atoms with Crippen molar-refractivity contribution in [3.05, 3.63) is 36.4 Å². The monoisotopic (exact) mass is 208 g/mol. The average molecular weight is 208 g/mol. The summed E-state index contributed by atoms with van der Waals surface area (Å²) in [6, 6.07) is 3.59. The summed E-state index contributed by atoms with van der Waals surface area (Å²) >= 11 is 0. The molecule has 0 aliphatic carbocycles. The number of carbonyl (C=O) groups is 1. The van der Waals surface area contributed by atoms with E-state index in [-0.39, 0.29) is 12.2 Å². The van der Waals surface area contributed by atoms with Crippen LogP contribution in [0, 0.1) is 0 Å². The maximum absolute atomic E-state index is 11.2. The Balaban J connectivity index is 2.66. The van der Waals surface area contributed by atoms with Crippen LogP contribution in [-0.4, -0.2) is 28.6 Å². The van der Waals surface area contributed by atoms with Crippen molar-refractivity contribution < 1.29 is 14.6 Å². The van der Waals surface area contributed by atoms with Gasteiger partial charge >= 0.3 is 5.97 Å². The van der Waals surface area contributed by atoms with Crippen molar-refractivity contribution >= 4 is 12.2 Å². The van der Waals surface area contributed by atoms with Gasteiger partial charge in [-0.2, -0.15) is 5.10 Å². The van der Waals surface area contributed by atoms with Crippen LogP contribution in [0.15, 0.2) is 41.5 Å². The topological polar surface area (TPSA) is 63.8 Å². The van der Waals surface area contributed by atoms with E-state index in [1.54, 1.807) is 31.5 Å². The van der Waals surface area contributed by atoms with Crippen LogP contribution in [0.25, 0.3) is 0 Å². The summed E-state index contributed by atoms with van der Waals surface area (Å²) in [5.41, 5.74) is 0.00514. The Morgan fingerprint density at radius 2 is 2.20 bits per heavy atom. The summed E-state index contributed by atoms with van der Waals surface area (Å²) in [6.45, 7) is 1.95. The van der Waals surface area contributed by atoms with Gasteiger partial charge in [-0.15, -0.1) is 0 Å². The normalized spacial score (nSPS) is 11.9. The van der Waals surface area contributed by atoms with Crippen LogP contribution in [0.1, 0.15) is 6.92 Å². The van der Waals surface area contributed by atoms with Gasteiger partial charge in [0.25, 0.3) is 0 Å². The number of esters is 1. The van der Waals surface area contributed by atoms with Crippen LogP contribution < -0.4 is 0 Å². The summed E-state index contributed by atoms with van der Waals surface area (Å²) in [5.74, 6) is -0.601. The summed E-state index contributed by atoms with van der Waals surface area (Å²) in [7, 11) is 0. The van der Waals surface area contributed by atoms with E-state index >= 15 is 0 Å². The lowest BCUT2D eigenvalue weighted by atomic mass is 10.3. The maximum atomic E-state index is 11.2. The Labute approximate surface area is 87.3 Å². The van der Waals surface area contributed by atoms with Gasteiger partial charge in [0, 0.05) is 12.4 Å². The Hall–Kier alpha value is -2.04. The van der Waals surface area contributed by atoms with E-state index in [2.05, 4.69) is 5.10 Å². The van der Waals surface area contributed by atoms with Crippen molar-refractivity contribution in [2.75, 3.05) is 6.61 Å². The lowest BCUT2D eigenvalue weighted by Gasteiger charge is -1.99. The first kappa shape index (κ1) is 11.0. The quantitative estimate of drug-likeness (QED) is 0.351. The molecule has 5 heteroatoms. The molecule has 0 atom stereocenters. The van der Waals surface area contributed by atoms with Gasteiger partial charge < -0.3 is 9.84 Å². The molecule has 5 nitrogen and oxygen atoms in total. The molecule has 0 saturated heterocycles. The van der Waals surface area contributed by atoms with Crippen LogP contribution in [0.5, 0.6) is 0 Å². The van der Waals surface area contributed by atoms with Crippen molar-refractivity contribution in [1.82, 2.24) is 4.68 Å². The Morgan fingerprint density at radius 1 is 1.53 bits per heavy atom. The molecule has 0 aromatic carbocycles. The molecule has 0 aliphatic heterocycles. The number of nitrogens with zero attached hydrogens (tertiary/aromatic N) is 2. The highest BCUT2D eigenvalue weighted by Crippen LogP contribution is 1.95. The predicted molar refractivity (Wildman–Crippen MR) is 55.7 cm³/mol. The zero-order valence-electron chi connectivity index (χ0n) is 8.33. The van der Waals surface area contributed by atoms with Crippen molar-refractivity contribution in [1.29, 1.82) is 0 Å². The fourth-order valence-corrected chi connectivity index (χ4v) is 0.884. The lowest BCUT2D eigenvalue weighted by Crippen LogP contribution is -2.09. The van der Waals surface area contributed by atoms with E-state index in [1.165, 1.54) is 10.9 Å². The second-order valence-corrected chi connectivity index (χ2v) is 2.61. The van der Waals surface area contributed by atoms with Crippen LogP contribution >= 0.6 is 0 Å². The molecule has 0 aliphatic rings. The number of rotatable bonds is 4. The number of carbonyl (C=O) groups excluding carboxylic acids is 1. The summed E-state index contributed by atoms with van der Waals surface area (Å²) in [6.07, 6.45) is 5.32. The van der Waals surface area contributed by atoms with Crippen molar-refractivity contribution in [3.63, 3.8) is 0 Å². The highest BCUT2D eigenvalue weighted by atomic mass is 16.5. The average Bonchev–Trinajstić information content (AvgIpc) is 2.72. The van der Waals surface area contributed by atoms with Crippen LogP contribution in [0.3, 0.4) is 0 Å². The van der Waals surface area contributed by atoms with Gasteiger partial charge in [0.15, 0.2) is 0 Å². The first-order valence-electron chi connectivity index (χ1n) is 4.46. The predicted octanol–water partition coefficient (Wildman–Crippen LogP) is 1.33. The van der Waals surface area contributed by atoms with Crippen LogP contribution in [-0.2, 0) is 9.53 Å². The second-order valence-electron chi connectivity index (χ2n) is 2.61. The maximum Gasteiger partial charge on any atom is 0.342 e. The number of aromatic nitrogens is 1. The number of aliphatic hydroxyl groups excluding tert-OH is 1. The molecular weight excluding hydrogens is 196 g/mol. The molecule has 0 spiro atoms. The molecular formula is C10H12N2O3. The molecule has 1 aromatic heterocycles. The highest BCUT2D eigenvalue weighted by molar-refractivity contribution is 6.09. The fourth-order valence-electron chi connectivity index (χ4n) is 0.884. The highest BCUT2D eigenvalue weighted by Gasteiger charge is 2.07. The van der Waals surface area contributed by atoms with E-state index in [1.807, 2.05) is 0 Å². The summed E-state index contributed by atoms with van der Waals surface area (Å²) < 4.78 is 6.20. The van der Waals surface area contributed by atoms with E-state index in [9.17, 15) is 4.79 Å². The molecule has 0 bridgehead atoms. The van der Waals surface area contributed by atoms with Gasteiger partial charge in [0.2, 0.25) is 0 Å². The van der Waals surface area contributed by atoms with E-state index in [0.717, 1.165) is 0 Å². The molecule has 0 fully saturated rings. The van der Waals surface area contributed by atoms with Crippen molar-refractivity contribution in [2.45, 2.75) is 6.92 Å². The third-order valence-electron chi connectivity index (χ3n) is 1.57. The van der Waals surface area contributed by atoms with Gasteiger partial charge in [-0.05, 0) is 19.1 Å². The molecule has 1 rings (SSSR count). The molecule has 1 aromatic rings. The minimum Gasteiger partial charge on any atom is -0.515 e. The lowest BCUT2D eigenvalue weighted by molar-refractivity contribution is -0.137. The first-order valence-corrected chi connectivity index (χ1v) is 4.46. The Bertz CT molecular complexity index is 366. The molecule has 0 unspecified atom stereocenters. The molecule has 0 saturated carbocycles. The molecule has 80 valence electrons. The third-order valence-corrected chi connectivity index (χ3v) is 1.57. The Kier molecular flexibility index (Phi) is 4.15. The fraction of sp³-hybridized carbons (Fsp3) is 0.200. The smallest absolute Gasteiger partial charge is 0.342 e. The van der Waals surface area contributed by atoms with E-state index < -0.39 is 5.97 Å². The zero-order valence-corrected chi connectivity index (χ0v) is 8.33. The van der Waals surface area contributed by atoms with E-state index in [0.29, 0.717) is 6.26 Å². The van der Waals surface area contributed by atoms with Crippen LogP contribution in [0.4, 0.5) is 0 Å². The number of hydrogen-bond donors (Lipinski definition) is 1. The van der Waals surface area contributed by atoms with Crippen molar-refractivity contribution in [2.24, 2.45) is 5.10 Å². The molecule has 0 amide bonds. The molecule has 0 radical (unpaired) electrons. The summed E-state index contributed by atoms with van der Waals surface area (Å²) in [5, 5.41) is 12.7. The Morgan fingerprint density at radius 3 is 2.73 bits per heavy atom. The molecule has 1 N–H and O–H groups in total. The van der Waals surface area contributed by atoms with Gasteiger partial charge in [0.1, 0.15) is 5.57 Å². The molecule has 15 heavy (non-hydrogen) atoms. The standard InChI is InChI=1S/C10H12N2O3/c1-2-15-10(14)9(8-13)7-11-12-5-3-4-6-12/h3-8,13H,2H2,1H3. The number of hydrogen-bond acceptors (Lipinski definition) is 4.